The number of rotatable bonds is 1. The van der Waals surface area contributed by atoms with E-state index >= 15 is 0 Å². The second kappa shape index (κ2) is 5.38. The summed E-state index contributed by atoms with van der Waals surface area (Å²) >= 11 is 0. The van der Waals surface area contributed by atoms with Gasteiger partial charge in [-0.3, -0.25) is 4.79 Å². The first-order chi connectivity index (χ1) is 9.34. The van der Waals surface area contributed by atoms with Crippen molar-refractivity contribution in [3.63, 3.8) is 0 Å². The summed E-state index contributed by atoms with van der Waals surface area (Å²) in [5.41, 5.74) is 0.750. The van der Waals surface area contributed by atoms with Gasteiger partial charge in [-0.15, -0.1) is 10.2 Å². The third-order valence-corrected chi connectivity index (χ3v) is 3.64. The Morgan fingerprint density at radius 1 is 1.11 bits per heavy atom. The standard InChI is InChI=1S/C14H18N4O/c19-13-10-11(7-8-15-13)14-17-16-12-6-4-2-1-3-5-9-18(12)14/h7-8,10H,1-6,9H2,(H,15,19). The van der Waals surface area contributed by atoms with Gasteiger partial charge in [0, 0.05) is 30.8 Å². The van der Waals surface area contributed by atoms with E-state index in [1.807, 2.05) is 6.07 Å². The molecule has 0 atom stereocenters. The zero-order valence-electron chi connectivity index (χ0n) is 10.9. The lowest BCUT2D eigenvalue weighted by atomic mass is 10.1. The van der Waals surface area contributed by atoms with E-state index in [0.717, 1.165) is 36.6 Å². The van der Waals surface area contributed by atoms with E-state index < -0.39 is 0 Å². The molecule has 100 valence electrons. The number of aryl methyl sites for hydroxylation is 1. The van der Waals surface area contributed by atoms with E-state index in [4.69, 9.17) is 0 Å². The predicted molar refractivity (Wildman–Crippen MR) is 72.9 cm³/mol. The highest BCUT2D eigenvalue weighted by Gasteiger charge is 2.14. The van der Waals surface area contributed by atoms with Gasteiger partial charge in [-0.1, -0.05) is 19.3 Å². The molecule has 1 aliphatic rings. The fourth-order valence-corrected chi connectivity index (χ4v) is 2.64. The van der Waals surface area contributed by atoms with E-state index in [2.05, 4.69) is 19.7 Å². The molecular weight excluding hydrogens is 240 g/mol. The van der Waals surface area contributed by atoms with Crippen LogP contribution in [0.3, 0.4) is 0 Å². The minimum atomic E-state index is -0.0992. The summed E-state index contributed by atoms with van der Waals surface area (Å²) in [6.45, 7) is 0.949. The fourth-order valence-electron chi connectivity index (χ4n) is 2.64. The lowest BCUT2D eigenvalue weighted by molar-refractivity contribution is 0.587. The van der Waals surface area contributed by atoms with Gasteiger partial charge in [-0.05, 0) is 18.9 Å². The predicted octanol–water partition coefficient (Wildman–Crippen LogP) is 2.14. The molecule has 0 bridgehead atoms. The summed E-state index contributed by atoms with van der Waals surface area (Å²) in [5, 5.41) is 8.59. The fraction of sp³-hybridized carbons (Fsp3) is 0.500. The Labute approximate surface area is 111 Å². The van der Waals surface area contributed by atoms with Crippen LogP contribution >= 0.6 is 0 Å². The molecule has 1 N–H and O–H groups in total. The van der Waals surface area contributed by atoms with Crippen LogP contribution in [0, 0.1) is 0 Å². The highest BCUT2D eigenvalue weighted by atomic mass is 16.1. The third kappa shape index (κ3) is 2.59. The van der Waals surface area contributed by atoms with Crippen LogP contribution in [0.1, 0.15) is 37.9 Å². The van der Waals surface area contributed by atoms with Crippen LogP contribution in [0.4, 0.5) is 0 Å². The molecule has 2 aromatic rings. The molecule has 0 fully saturated rings. The van der Waals surface area contributed by atoms with Crippen LogP contribution in [0.15, 0.2) is 23.1 Å². The van der Waals surface area contributed by atoms with Gasteiger partial charge in [0.15, 0.2) is 5.82 Å². The Kier molecular flexibility index (Phi) is 3.44. The number of nitrogens with one attached hydrogen (secondary N) is 1. The van der Waals surface area contributed by atoms with Crippen LogP contribution in [0.25, 0.3) is 11.4 Å². The topological polar surface area (TPSA) is 63.6 Å². The molecule has 3 heterocycles. The highest BCUT2D eigenvalue weighted by Crippen LogP contribution is 2.20. The lowest BCUT2D eigenvalue weighted by Gasteiger charge is -2.08. The van der Waals surface area contributed by atoms with Crippen LogP contribution in [0.2, 0.25) is 0 Å². The van der Waals surface area contributed by atoms with E-state index in [1.54, 1.807) is 12.3 Å². The zero-order chi connectivity index (χ0) is 13.1. The van der Waals surface area contributed by atoms with Gasteiger partial charge in [0.25, 0.3) is 0 Å². The Morgan fingerprint density at radius 3 is 2.84 bits per heavy atom. The Balaban J connectivity index is 2.01. The van der Waals surface area contributed by atoms with Gasteiger partial charge in [0.05, 0.1) is 0 Å². The molecule has 0 aliphatic carbocycles. The van der Waals surface area contributed by atoms with Gasteiger partial charge in [0.1, 0.15) is 5.82 Å². The molecule has 0 radical (unpaired) electrons. The van der Waals surface area contributed by atoms with Crippen molar-refractivity contribution in [2.75, 3.05) is 0 Å². The summed E-state index contributed by atoms with van der Waals surface area (Å²) < 4.78 is 2.18. The Bertz CT molecular complexity index is 614. The van der Waals surface area contributed by atoms with Crippen molar-refractivity contribution in [1.82, 2.24) is 19.7 Å². The summed E-state index contributed by atoms with van der Waals surface area (Å²) in [6, 6.07) is 3.47. The molecule has 0 saturated heterocycles. The largest absolute Gasteiger partial charge is 0.329 e. The number of nitrogens with zero attached hydrogens (tertiary/aromatic N) is 3. The molecule has 2 aromatic heterocycles. The van der Waals surface area contributed by atoms with Crippen LogP contribution in [0.5, 0.6) is 0 Å². The number of H-pyrrole nitrogens is 1. The summed E-state index contributed by atoms with van der Waals surface area (Å²) in [7, 11) is 0. The van der Waals surface area contributed by atoms with Gasteiger partial charge >= 0.3 is 0 Å². The molecule has 0 amide bonds. The molecule has 0 aromatic carbocycles. The smallest absolute Gasteiger partial charge is 0.248 e. The van der Waals surface area contributed by atoms with Gasteiger partial charge in [-0.2, -0.15) is 0 Å². The third-order valence-electron chi connectivity index (χ3n) is 3.64. The monoisotopic (exact) mass is 258 g/mol. The first-order valence-corrected chi connectivity index (χ1v) is 6.96. The molecule has 19 heavy (non-hydrogen) atoms. The summed E-state index contributed by atoms with van der Waals surface area (Å²) in [4.78, 5) is 14.1. The van der Waals surface area contributed by atoms with E-state index in [1.165, 1.54) is 25.7 Å². The first-order valence-electron chi connectivity index (χ1n) is 6.96. The van der Waals surface area contributed by atoms with E-state index in [-0.39, 0.29) is 5.56 Å². The lowest BCUT2D eigenvalue weighted by Crippen LogP contribution is -2.08. The second-order valence-corrected chi connectivity index (χ2v) is 5.05. The maximum absolute atomic E-state index is 11.4. The molecule has 1 aliphatic heterocycles. The number of fused-ring (bicyclic) bond motifs is 1. The van der Waals surface area contributed by atoms with Crippen molar-refractivity contribution in [3.05, 3.63) is 34.5 Å². The maximum Gasteiger partial charge on any atom is 0.248 e. The van der Waals surface area contributed by atoms with Crippen molar-refractivity contribution >= 4 is 0 Å². The number of aromatic nitrogens is 4. The minimum absolute atomic E-state index is 0.0992. The van der Waals surface area contributed by atoms with Crippen molar-refractivity contribution in [2.24, 2.45) is 0 Å². The summed E-state index contributed by atoms with van der Waals surface area (Å²) in [6.07, 6.45) is 8.80. The Morgan fingerprint density at radius 2 is 1.95 bits per heavy atom. The van der Waals surface area contributed by atoms with Gasteiger partial charge in [0.2, 0.25) is 5.56 Å². The highest BCUT2D eigenvalue weighted by molar-refractivity contribution is 5.54. The quantitative estimate of drug-likeness (QED) is 0.852. The minimum Gasteiger partial charge on any atom is -0.329 e. The molecule has 5 heteroatoms. The SMILES string of the molecule is O=c1cc(-c2nnc3n2CCCCCCC3)cc[nH]1. The average Bonchev–Trinajstić information content (AvgIpc) is 2.83. The molecule has 0 unspecified atom stereocenters. The number of hydrogen-bond donors (Lipinski definition) is 1. The maximum atomic E-state index is 11.4. The Hall–Kier alpha value is -1.91. The molecule has 5 nitrogen and oxygen atoms in total. The summed E-state index contributed by atoms with van der Waals surface area (Å²) in [5.74, 6) is 1.88. The van der Waals surface area contributed by atoms with E-state index in [0.29, 0.717) is 0 Å². The normalized spacial score (nSPS) is 16.2. The van der Waals surface area contributed by atoms with Crippen molar-refractivity contribution in [2.45, 2.75) is 45.1 Å². The van der Waals surface area contributed by atoms with E-state index in [9.17, 15) is 4.79 Å². The van der Waals surface area contributed by atoms with Gasteiger partial charge < -0.3 is 9.55 Å². The van der Waals surface area contributed by atoms with Crippen molar-refractivity contribution in [3.8, 4) is 11.4 Å². The number of aromatic amines is 1. The molecule has 0 saturated carbocycles. The average molecular weight is 258 g/mol. The number of hydrogen-bond acceptors (Lipinski definition) is 3. The second-order valence-electron chi connectivity index (χ2n) is 5.05. The van der Waals surface area contributed by atoms with Crippen molar-refractivity contribution < 1.29 is 0 Å². The first kappa shape index (κ1) is 12.1. The molecule has 0 spiro atoms. The van der Waals surface area contributed by atoms with Gasteiger partial charge in [-0.25, -0.2) is 0 Å². The zero-order valence-corrected chi connectivity index (χ0v) is 10.9. The van der Waals surface area contributed by atoms with Crippen LogP contribution < -0.4 is 5.56 Å². The molecule has 3 rings (SSSR count). The molecular formula is C14H18N4O. The van der Waals surface area contributed by atoms with Crippen LogP contribution in [-0.4, -0.2) is 19.7 Å². The number of pyridine rings is 1. The van der Waals surface area contributed by atoms with Crippen molar-refractivity contribution in [1.29, 1.82) is 0 Å². The van der Waals surface area contributed by atoms with Crippen LogP contribution in [-0.2, 0) is 13.0 Å².